The maximum atomic E-state index is 11.8. The van der Waals surface area contributed by atoms with Crippen molar-refractivity contribution in [2.24, 2.45) is 10.2 Å². The first-order chi connectivity index (χ1) is 10.6. The molecule has 2 rings (SSSR count). The molecule has 116 valence electrons. The molecule has 2 N–H and O–H groups in total. The van der Waals surface area contributed by atoms with E-state index in [0.717, 1.165) is 11.3 Å². The van der Waals surface area contributed by atoms with Gasteiger partial charge in [-0.05, 0) is 19.4 Å². The van der Waals surface area contributed by atoms with E-state index in [0.29, 0.717) is 11.7 Å². The number of nitrogens with one attached hydrogen (secondary N) is 2. The molecule has 6 nitrogen and oxygen atoms in total. The average Bonchev–Trinajstić information content (AvgIpc) is 2.86. The first kappa shape index (κ1) is 16.2. The van der Waals surface area contributed by atoms with Crippen molar-refractivity contribution in [3.05, 3.63) is 35.9 Å². The maximum Gasteiger partial charge on any atom is 0.240 e. The minimum Gasteiger partial charge on any atom is -0.356 e. The quantitative estimate of drug-likeness (QED) is 0.638. The molecule has 1 unspecified atom stereocenters. The number of hydrogen-bond donors (Lipinski definition) is 2. The lowest BCUT2D eigenvalue weighted by Gasteiger charge is -2.04. The van der Waals surface area contributed by atoms with Crippen LogP contribution in [-0.4, -0.2) is 34.5 Å². The molecular weight excluding hydrogens is 300 g/mol. The van der Waals surface area contributed by atoms with E-state index < -0.39 is 5.25 Å². The molecule has 1 aromatic carbocycles. The molecule has 0 aliphatic carbocycles. The number of benzene rings is 1. The van der Waals surface area contributed by atoms with E-state index in [9.17, 15) is 9.59 Å². The van der Waals surface area contributed by atoms with Gasteiger partial charge in [-0.2, -0.15) is 5.10 Å². The van der Waals surface area contributed by atoms with Crippen LogP contribution in [0.1, 0.15) is 25.8 Å². The average molecular weight is 318 g/mol. The van der Waals surface area contributed by atoms with Crippen molar-refractivity contribution >= 4 is 34.5 Å². The number of hydrogen-bond acceptors (Lipinski definition) is 5. The normalized spacial score (nSPS) is 20.1. The summed E-state index contributed by atoms with van der Waals surface area (Å²) in [5.41, 5.74) is 1.73. The topological polar surface area (TPSA) is 82.9 Å². The fourth-order valence-corrected chi connectivity index (χ4v) is 2.80. The number of carbonyl (C=O) groups excluding carboxylic acids is 2. The Bertz CT molecular complexity index is 613. The molecule has 1 aliphatic heterocycles. The second-order valence-corrected chi connectivity index (χ2v) is 5.90. The smallest absolute Gasteiger partial charge is 0.240 e. The van der Waals surface area contributed by atoms with Crippen molar-refractivity contribution in [3.8, 4) is 0 Å². The molecule has 0 spiro atoms. The van der Waals surface area contributed by atoms with Gasteiger partial charge in [0.1, 0.15) is 5.25 Å². The Kier molecular flexibility index (Phi) is 5.71. The predicted molar refractivity (Wildman–Crippen MR) is 88.9 cm³/mol. The van der Waals surface area contributed by atoms with Crippen molar-refractivity contribution in [3.63, 3.8) is 0 Å². The molecule has 0 saturated carbocycles. The van der Waals surface area contributed by atoms with E-state index in [2.05, 4.69) is 20.8 Å². The number of carbonyl (C=O) groups is 2. The highest BCUT2D eigenvalue weighted by atomic mass is 32.2. The van der Waals surface area contributed by atoms with E-state index in [-0.39, 0.29) is 18.2 Å². The van der Waals surface area contributed by atoms with E-state index in [1.165, 1.54) is 11.8 Å². The molecule has 1 aliphatic rings. The van der Waals surface area contributed by atoms with Gasteiger partial charge in [-0.15, -0.1) is 5.10 Å². The van der Waals surface area contributed by atoms with Gasteiger partial charge in [-0.25, -0.2) is 0 Å². The lowest BCUT2D eigenvalue weighted by atomic mass is 10.1. The molecule has 1 aromatic rings. The number of amidine groups is 1. The van der Waals surface area contributed by atoms with Crippen LogP contribution in [0.15, 0.2) is 40.5 Å². The molecule has 22 heavy (non-hydrogen) atoms. The zero-order valence-electron chi connectivity index (χ0n) is 12.5. The predicted octanol–water partition coefficient (Wildman–Crippen LogP) is 1.52. The van der Waals surface area contributed by atoms with Crippen molar-refractivity contribution in [1.29, 1.82) is 0 Å². The van der Waals surface area contributed by atoms with Crippen LogP contribution in [0.5, 0.6) is 0 Å². The molecule has 1 fully saturated rings. The summed E-state index contributed by atoms with van der Waals surface area (Å²) in [6, 6.07) is 9.67. The van der Waals surface area contributed by atoms with Gasteiger partial charge in [0.25, 0.3) is 0 Å². The minimum atomic E-state index is -0.447. The zero-order valence-corrected chi connectivity index (χ0v) is 13.3. The number of amides is 2. The van der Waals surface area contributed by atoms with Crippen LogP contribution in [0.25, 0.3) is 0 Å². The Balaban J connectivity index is 1.99. The molecular formula is C15H18N4O2S. The lowest BCUT2D eigenvalue weighted by molar-refractivity contribution is -0.125. The molecule has 0 bridgehead atoms. The molecule has 2 amide bonds. The van der Waals surface area contributed by atoms with Crippen LogP contribution in [0, 0.1) is 0 Å². The first-order valence-electron chi connectivity index (χ1n) is 7.02. The Morgan fingerprint density at radius 3 is 2.77 bits per heavy atom. The standard InChI is InChI=1S/C15H18N4O2S/c1-3-16-13(20)9-12-14(21)17-15(22-12)19-18-10(2)11-7-5-4-6-8-11/h4-8,12H,3,9H2,1-2H3,(H,16,20)(H,17,19,21)/b18-10-. The van der Waals surface area contributed by atoms with Crippen LogP contribution in [0.4, 0.5) is 0 Å². The van der Waals surface area contributed by atoms with E-state index in [1.807, 2.05) is 44.2 Å². The highest BCUT2D eigenvalue weighted by molar-refractivity contribution is 8.15. The number of rotatable bonds is 5. The summed E-state index contributed by atoms with van der Waals surface area (Å²) < 4.78 is 0. The number of thioether (sulfide) groups is 1. The molecule has 0 aromatic heterocycles. The van der Waals surface area contributed by atoms with Gasteiger partial charge < -0.3 is 10.6 Å². The van der Waals surface area contributed by atoms with Gasteiger partial charge in [0.2, 0.25) is 11.8 Å². The molecule has 0 radical (unpaired) electrons. The van der Waals surface area contributed by atoms with E-state index in [4.69, 9.17) is 0 Å². The van der Waals surface area contributed by atoms with Gasteiger partial charge in [-0.1, -0.05) is 42.1 Å². The summed E-state index contributed by atoms with van der Waals surface area (Å²) in [6.07, 6.45) is 0.144. The van der Waals surface area contributed by atoms with Gasteiger partial charge in [0.15, 0.2) is 5.17 Å². The van der Waals surface area contributed by atoms with E-state index in [1.54, 1.807) is 0 Å². The van der Waals surface area contributed by atoms with Crippen LogP contribution < -0.4 is 10.6 Å². The lowest BCUT2D eigenvalue weighted by Crippen LogP contribution is -2.31. The second-order valence-electron chi connectivity index (χ2n) is 4.71. The van der Waals surface area contributed by atoms with Crippen molar-refractivity contribution in [2.45, 2.75) is 25.5 Å². The SMILES string of the molecule is CCNC(=O)CC1S/C(=N/N=C(/C)c2ccccc2)NC1=O. The Labute approximate surface area is 133 Å². The van der Waals surface area contributed by atoms with Gasteiger partial charge in [0, 0.05) is 13.0 Å². The summed E-state index contributed by atoms with van der Waals surface area (Å²) in [5, 5.41) is 13.5. The molecule has 1 saturated heterocycles. The van der Waals surface area contributed by atoms with Crippen LogP contribution in [0.3, 0.4) is 0 Å². The van der Waals surface area contributed by atoms with E-state index >= 15 is 0 Å². The second kappa shape index (κ2) is 7.74. The third-order valence-corrected chi connectivity index (χ3v) is 4.08. The molecule has 1 heterocycles. The molecule has 1 atom stereocenters. The third kappa shape index (κ3) is 4.42. The first-order valence-corrected chi connectivity index (χ1v) is 7.90. The Morgan fingerprint density at radius 2 is 2.09 bits per heavy atom. The largest absolute Gasteiger partial charge is 0.356 e. The summed E-state index contributed by atoms with van der Waals surface area (Å²) >= 11 is 1.23. The summed E-state index contributed by atoms with van der Waals surface area (Å²) in [4.78, 5) is 23.3. The monoisotopic (exact) mass is 318 g/mol. The van der Waals surface area contributed by atoms with Crippen LogP contribution in [-0.2, 0) is 9.59 Å². The fourth-order valence-electron chi connectivity index (χ4n) is 1.88. The highest BCUT2D eigenvalue weighted by Crippen LogP contribution is 2.22. The van der Waals surface area contributed by atoms with Crippen LogP contribution >= 0.6 is 11.8 Å². The maximum absolute atomic E-state index is 11.8. The van der Waals surface area contributed by atoms with Gasteiger partial charge in [-0.3, -0.25) is 9.59 Å². The third-order valence-electron chi connectivity index (χ3n) is 3.00. The summed E-state index contributed by atoms with van der Waals surface area (Å²) in [7, 11) is 0. The Hall–Kier alpha value is -2.15. The van der Waals surface area contributed by atoms with Gasteiger partial charge >= 0.3 is 0 Å². The summed E-state index contributed by atoms with van der Waals surface area (Å²) in [5.74, 6) is -0.345. The van der Waals surface area contributed by atoms with Crippen molar-refractivity contribution < 1.29 is 9.59 Å². The number of nitrogens with zero attached hydrogens (tertiary/aromatic N) is 2. The van der Waals surface area contributed by atoms with Crippen LogP contribution in [0.2, 0.25) is 0 Å². The Morgan fingerprint density at radius 1 is 1.36 bits per heavy atom. The van der Waals surface area contributed by atoms with Gasteiger partial charge in [0.05, 0.1) is 5.71 Å². The highest BCUT2D eigenvalue weighted by Gasteiger charge is 2.32. The zero-order chi connectivity index (χ0) is 15.9. The molecule has 7 heteroatoms. The summed E-state index contributed by atoms with van der Waals surface area (Å²) in [6.45, 7) is 4.25. The fraction of sp³-hybridized carbons (Fsp3) is 0.333. The van der Waals surface area contributed by atoms with Crippen molar-refractivity contribution in [2.75, 3.05) is 6.54 Å². The minimum absolute atomic E-state index is 0.139. The van der Waals surface area contributed by atoms with Crippen molar-refractivity contribution in [1.82, 2.24) is 10.6 Å².